The second-order valence-corrected chi connectivity index (χ2v) is 7.12. The maximum absolute atomic E-state index is 6.75. The molecule has 0 fully saturated rings. The van der Waals surface area contributed by atoms with Crippen LogP contribution < -0.4 is 10.6 Å². The van der Waals surface area contributed by atoms with E-state index in [1.54, 1.807) is 12.4 Å². The molecular weight excluding hydrogens is 360 g/mol. The lowest BCUT2D eigenvalue weighted by molar-refractivity contribution is -0.750. The van der Waals surface area contributed by atoms with Gasteiger partial charge >= 0.3 is 0 Å². The Morgan fingerprint density at radius 3 is 2.69 bits per heavy atom. The number of benzene rings is 2. The van der Waals surface area contributed by atoms with Crippen molar-refractivity contribution in [1.29, 1.82) is 0 Å². The third kappa shape index (κ3) is 3.16. The minimum Gasteiger partial charge on any atom is -0.493 e. The first-order chi connectivity index (χ1) is 14.2. The first-order valence-electron chi connectivity index (χ1n) is 9.62. The Labute approximate surface area is 169 Å². The van der Waals surface area contributed by atoms with Crippen LogP contribution in [0.4, 0.5) is 0 Å². The Morgan fingerprint density at radius 2 is 1.90 bits per heavy atom. The number of aliphatic imine (C=N–C) groups is 2. The molecule has 5 heteroatoms. The van der Waals surface area contributed by atoms with Crippen molar-refractivity contribution in [3.05, 3.63) is 113 Å². The van der Waals surface area contributed by atoms with Gasteiger partial charge in [0.05, 0.1) is 24.6 Å². The average Bonchev–Trinajstić information content (AvgIpc) is 3.01. The van der Waals surface area contributed by atoms with Crippen LogP contribution in [0, 0.1) is 0 Å². The highest BCUT2D eigenvalue weighted by Gasteiger charge is 2.44. The van der Waals surface area contributed by atoms with E-state index in [9.17, 15) is 0 Å². The average molecular weight is 381 g/mol. The fourth-order valence-electron chi connectivity index (χ4n) is 3.60. The van der Waals surface area contributed by atoms with Gasteiger partial charge in [-0.2, -0.15) is 10.8 Å². The Morgan fingerprint density at radius 1 is 1.03 bits per heavy atom. The van der Waals surface area contributed by atoms with Crippen molar-refractivity contribution < 1.29 is 9.33 Å². The highest BCUT2D eigenvalue weighted by molar-refractivity contribution is 6.01. The molecule has 2 aromatic carbocycles. The summed E-state index contributed by atoms with van der Waals surface area (Å²) in [6, 6.07) is 18.3. The standard InChI is InChI=1S/C24H21N4O/c25-28-14-13-26-17-22(28)23(19-8-4-9-19)27-24(28)20-10-5-11-21(16-20)29-15-12-18-6-2-1-3-7-18/h1-11,13-14,16-17H,12,15,25H2/q+1. The molecule has 2 aliphatic heterocycles. The topological polar surface area (TPSA) is 60.0 Å². The van der Waals surface area contributed by atoms with E-state index in [0.29, 0.717) is 6.61 Å². The number of fused-ring (bicyclic) bond motifs is 1. The molecule has 5 nitrogen and oxygen atoms in total. The summed E-state index contributed by atoms with van der Waals surface area (Å²) in [7, 11) is 0. The predicted molar refractivity (Wildman–Crippen MR) is 115 cm³/mol. The minimum absolute atomic E-state index is 0.0114. The molecule has 0 aromatic heterocycles. The quantitative estimate of drug-likeness (QED) is 0.607. The smallest absolute Gasteiger partial charge is 0.265 e. The van der Waals surface area contributed by atoms with Crippen LogP contribution >= 0.6 is 0 Å². The van der Waals surface area contributed by atoms with E-state index in [1.807, 2.05) is 66.9 Å². The van der Waals surface area contributed by atoms with Crippen LogP contribution in [-0.2, 0) is 6.42 Å². The molecule has 0 spiro atoms. The molecule has 3 aliphatic rings. The maximum atomic E-state index is 6.75. The largest absolute Gasteiger partial charge is 0.493 e. The predicted octanol–water partition coefficient (Wildman–Crippen LogP) is 4.02. The van der Waals surface area contributed by atoms with Gasteiger partial charge in [-0.25, -0.2) is 0 Å². The number of rotatable bonds is 6. The van der Waals surface area contributed by atoms with Gasteiger partial charge in [0.1, 0.15) is 17.6 Å². The molecule has 5 rings (SSSR count). The molecule has 2 N–H and O–H groups in total. The summed E-state index contributed by atoms with van der Waals surface area (Å²) < 4.78 is 6.01. The summed E-state index contributed by atoms with van der Waals surface area (Å²) in [5, 5.41) is 0. The van der Waals surface area contributed by atoms with E-state index >= 15 is 0 Å². The molecule has 1 aliphatic carbocycles. The van der Waals surface area contributed by atoms with E-state index in [-0.39, 0.29) is 4.59 Å². The molecule has 1 atom stereocenters. The number of quaternary nitrogens is 1. The number of nitrogens with two attached hydrogens (primary N) is 1. The number of ether oxygens (including phenoxy) is 1. The van der Waals surface area contributed by atoms with Gasteiger partial charge in [0.25, 0.3) is 5.84 Å². The molecule has 0 bridgehead atoms. The van der Waals surface area contributed by atoms with Crippen molar-refractivity contribution in [2.75, 3.05) is 6.61 Å². The number of allylic oxidation sites excluding steroid dienone is 4. The summed E-state index contributed by atoms with van der Waals surface area (Å²) in [6.07, 6.45) is 12.3. The third-order valence-electron chi connectivity index (χ3n) is 5.21. The van der Waals surface area contributed by atoms with Gasteiger partial charge in [-0.05, 0) is 23.8 Å². The summed E-state index contributed by atoms with van der Waals surface area (Å²) in [5.74, 6) is 8.31. The van der Waals surface area contributed by atoms with Crippen molar-refractivity contribution in [3.63, 3.8) is 0 Å². The highest BCUT2D eigenvalue weighted by Crippen LogP contribution is 2.36. The monoisotopic (exact) mass is 381 g/mol. The zero-order chi connectivity index (χ0) is 19.7. The van der Waals surface area contributed by atoms with Crippen LogP contribution in [0.25, 0.3) is 0 Å². The number of hydrogen-bond donors (Lipinski definition) is 1. The van der Waals surface area contributed by atoms with Gasteiger partial charge in [0.15, 0.2) is 0 Å². The molecule has 0 radical (unpaired) electrons. The van der Waals surface area contributed by atoms with Crippen molar-refractivity contribution in [2.24, 2.45) is 15.8 Å². The van der Waals surface area contributed by atoms with Crippen LogP contribution in [0.2, 0.25) is 0 Å². The maximum Gasteiger partial charge on any atom is 0.265 e. The Balaban J connectivity index is 1.39. The first kappa shape index (κ1) is 17.6. The van der Waals surface area contributed by atoms with Crippen LogP contribution in [0.5, 0.6) is 5.75 Å². The number of nitrogens with zero attached hydrogens (tertiary/aromatic N) is 3. The zero-order valence-corrected chi connectivity index (χ0v) is 15.9. The lowest BCUT2D eigenvalue weighted by atomic mass is 10.0. The van der Waals surface area contributed by atoms with Gasteiger partial charge in [-0.1, -0.05) is 54.6 Å². The normalized spacial score (nSPS) is 21.6. The van der Waals surface area contributed by atoms with Gasteiger partial charge in [-0.3, -0.25) is 4.99 Å². The molecule has 2 heterocycles. The molecule has 2 aromatic rings. The SMILES string of the molecule is N[N+]12C=CN=CC1=C(C1=CC=C1)N=C2c1cccc(OCCc2ccccc2)c1. The van der Waals surface area contributed by atoms with Crippen LogP contribution in [0.1, 0.15) is 11.1 Å². The van der Waals surface area contributed by atoms with E-state index in [1.165, 1.54) is 5.56 Å². The lowest BCUT2D eigenvalue weighted by Gasteiger charge is -2.26. The third-order valence-corrected chi connectivity index (χ3v) is 5.21. The van der Waals surface area contributed by atoms with Gasteiger partial charge < -0.3 is 4.74 Å². The second kappa shape index (κ2) is 7.13. The van der Waals surface area contributed by atoms with Crippen LogP contribution in [-0.4, -0.2) is 23.2 Å². The Hall–Kier alpha value is -3.54. The molecular formula is C24H21N4O+. The molecule has 1 unspecified atom stereocenters. The molecule has 0 amide bonds. The molecule has 29 heavy (non-hydrogen) atoms. The summed E-state index contributed by atoms with van der Waals surface area (Å²) >= 11 is 0. The van der Waals surface area contributed by atoms with Crippen molar-refractivity contribution >= 4 is 12.1 Å². The Bertz CT molecular complexity index is 1140. The van der Waals surface area contributed by atoms with Crippen molar-refractivity contribution in [1.82, 2.24) is 0 Å². The Kier molecular flexibility index (Phi) is 4.31. The van der Waals surface area contributed by atoms with Gasteiger partial charge in [0, 0.05) is 12.0 Å². The van der Waals surface area contributed by atoms with E-state index in [4.69, 9.17) is 15.6 Å². The molecule has 0 saturated heterocycles. The lowest BCUT2D eigenvalue weighted by Crippen LogP contribution is -2.53. The van der Waals surface area contributed by atoms with E-state index in [0.717, 1.165) is 40.5 Å². The van der Waals surface area contributed by atoms with Crippen molar-refractivity contribution in [3.8, 4) is 5.75 Å². The summed E-state index contributed by atoms with van der Waals surface area (Å²) in [4.78, 5) is 9.15. The van der Waals surface area contributed by atoms with Gasteiger partial charge in [-0.15, -0.1) is 4.59 Å². The first-order valence-corrected chi connectivity index (χ1v) is 9.62. The minimum atomic E-state index is 0.0114. The van der Waals surface area contributed by atoms with Gasteiger partial charge in [0.2, 0.25) is 5.70 Å². The van der Waals surface area contributed by atoms with E-state index < -0.39 is 0 Å². The molecule has 0 saturated carbocycles. The second-order valence-electron chi connectivity index (χ2n) is 7.12. The zero-order valence-electron chi connectivity index (χ0n) is 15.9. The summed E-state index contributed by atoms with van der Waals surface area (Å²) in [6.45, 7) is 0.613. The van der Waals surface area contributed by atoms with E-state index in [2.05, 4.69) is 17.1 Å². The fraction of sp³-hybridized carbons (Fsp3) is 0.0833. The van der Waals surface area contributed by atoms with Crippen molar-refractivity contribution in [2.45, 2.75) is 6.42 Å². The summed E-state index contributed by atoms with van der Waals surface area (Å²) in [5.41, 5.74) is 5.00. The fourth-order valence-corrected chi connectivity index (χ4v) is 3.60. The van der Waals surface area contributed by atoms with Crippen LogP contribution in [0.15, 0.2) is 112 Å². The molecule has 142 valence electrons. The number of amidine groups is 1. The number of hydrogen-bond acceptors (Lipinski definition) is 4. The highest BCUT2D eigenvalue weighted by atomic mass is 16.5. The van der Waals surface area contributed by atoms with Crippen LogP contribution in [0.3, 0.4) is 0 Å².